The summed E-state index contributed by atoms with van der Waals surface area (Å²) < 4.78 is 26.8. The van der Waals surface area contributed by atoms with Crippen LogP contribution in [0.3, 0.4) is 0 Å². The molecule has 0 spiro atoms. The van der Waals surface area contributed by atoms with E-state index in [2.05, 4.69) is 9.71 Å². The monoisotopic (exact) mass is 282 g/mol. The molecule has 0 atom stereocenters. The first-order chi connectivity index (χ1) is 8.49. The number of aryl methyl sites for hydroxylation is 2. The van der Waals surface area contributed by atoms with Gasteiger partial charge in [0.2, 0.25) is 10.0 Å². The van der Waals surface area contributed by atoms with Crippen LogP contribution in [-0.4, -0.2) is 13.4 Å². The van der Waals surface area contributed by atoms with Gasteiger partial charge in [0.15, 0.2) is 0 Å². The molecule has 0 aliphatic heterocycles. The van der Waals surface area contributed by atoms with E-state index >= 15 is 0 Å². The van der Waals surface area contributed by atoms with E-state index in [0.29, 0.717) is 10.6 Å². The molecule has 0 saturated carbocycles. The molecule has 2 heterocycles. The van der Waals surface area contributed by atoms with Gasteiger partial charge in [-0.1, -0.05) is 6.07 Å². The number of aromatic nitrogens is 1. The van der Waals surface area contributed by atoms with Gasteiger partial charge in [0.05, 0.1) is 17.1 Å². The van der Waals surface area contributed by atoms with Crippen LogP contribution in [0.15, 0.2) is 35.4 Å². The summed E-state index contributed by atoms with van der Waals surface area (Å²) in [5, 5.41) is 0. The number of sulfonamides is 1. The van der Waals surface area contributed by atoms with Crippen molar-refractivity contribution in [1.29, 1.82) is 0 Å². The van der Waals surface area contributed by atoms with Gasteiger partial charge < -0.3 is 0 Å². The van der Waals surface area contributed by atoms with E-state index in [0.717, 1.165) is 9.75 Å². The lowest BCUT2D eigenvalue weighted by molar-refractivity contribution is 0.580. The van der Waals surface area contributed by atoms with Crippen molar-refractivity contribution < 1.29 is 8.42 Å². The predicted octanol–water partition coefficient (Wildman–Crippen LogP) is 2.24. The lowest BCUT2D eigenvalue weighted by Gasteiger charge is -2.05. The highest BCUT2D eigenvalue weighted by molar-refractivity contribution is 7.89. The zero-order valence-electron chi connectivity index (χ0n) is 10.2. The van der Waals surface area contributed by atoms with Crippen molar-refractivity contribution in [2.75, 3.05) is 0 Å². The zero-order valence-corrected chi connectivity index (χ0v) is 11.8. The average molecular weight is 282 g/mol. The number of nitrogens with zero attached hydrogens (tertiary/aromatic N) is 1. The average Bonchev–Trinajstić information content (AvgIpc) is 2.68. The fourth-order valence-electron chi connectivity index (χ4n) is 1.62. The first-order valence-corrected chi connectivity index (χ1v) is 7.75. The van der Waals surface area contributed by atoms with E-state index in [1.165, 1.54) is 11.3 Å². The molecule has 0 aliphatic carbocycles. The van der Waals surface area contributed by atoms with Crippen molar-refractivity contribution in [3.05, 3.63) is 45.9 Å². The third-order valence-electron chi connectivity index (χ3n) is 2.45. The topological polar surface area (TPSA) is 59.1 Å². The number of pyridine rings is 1. The molecular formula is C12H14N2O2S2. The lowest BCUT2D eigenvalue weighted by Crippen LogP contribution is -2.23. The molecule has 4 nitrogen and oxygen atoms in total. The smallest absolute Gasteiger partial charge is 0.242 e. The standard InChI is InChI=1S/C12H14N2O2S2/c1-9-7-12(10(2)17-9)18(15,16)14-8-11-5-3-4-6-13-11/h3-7,14H,8H2,1-2H3. The summed E-state index contributed by atoms with van der Waals surface area (Å²) in [5.74, 6) is 0. The van der Waals surface area contributed by atoms with Crippen molar-refractivity contribution in [1.82, 2.24) is 9.71 Å². The fourth-order valence-corrected chi connectivity index (χ4v) is 4.18. The number of hydrogen-bond donors (Lipinski definition) is 1. The van der Waals surface area contributed by atoms with Gasteiger partial charge in [-0.3, -0.25) is 4.98 Å². The van der Waals surface area contributed by atoms with E-state index in [4.69, 9.17) is 0 Å². The zero-order chi connectivity index (χ0) is 13.2. The highest BCUT2D eigenvalue weighted by atomic mass is 32.2. The van der Waals surface area contributed by atoms with Crippen molar-refractivity contribution in [3.8, 4) is 0 Å². The molecule has 2 aromatic rings. The normalized spacial score (nSPS) is 11.7. The minimum Gasteiger partial charge on any atom is -0.260 e. The second-order valence-electron chi connectivity index (χ2n) is 3.92. The van der Waals surface area contributed by atoms with Gasteiger partial charge >= 0.3 is 0 Å². The molecule has 96 valence electrons. The summed E-state index contributed by atoms with van der Waals surface area (Å²) in [7, 11) is -3.45. The van der Waals surface area contributed by atoms with Crippen LogP contribution in [-0.2, 0) is 16.6 Å². The maximum Gasteiger partial charge on any atom is 0.242 e. The van der Waals surface area contributed by atoms with Gasteiger partial charge in [0, 0.05) is 16.0 Å². The number of nitrogens with one attached hydrogen (secondary N) is 1. The second-order valence-corrected chi connectivity index (χ2v) is 7.12. The molecule has 0 aliphatic rings. The van der Waals surface area contributed by atoms with Crippen LogP contribution in [0.4, 0.5) is 0 Å². The van der Waals surface area contributed by atoms with Crippen molar-refractivity contribution in [3.63, 3.8) is 0 Å². The molecule has 2 aromatic heterocycles. The Labute approximate surface area is 111 Å². The Morgan fingerprint density at radius 1 is 1.33 bits per heavy atom. The Bertz CT molecular complexity index is 633. The summed E-state index contributed by atoms with van der Waals surface area (Å²) in [6.45, 7) is 3.92. The van der Waals surface area contributed by atoms with Gasteiger partial charge in [-0.15, -0.1) is 11.3 Å². The van der Waals surface area contributed by atoms with Crippen molar-refractivity contribution in [2.45, 2.75) is 25.3 Å². The minimum absolute atomic E-state index is 0.206. The van der Waals surface area contributed by atoms with Gasteiger partial charge in [0.25, 0.3) is 0 Å². The SMILES string of the molecule is Cc1cc(S(=O)(=O)NCc2ccccn2)c(C)s1. The van der Waals surface area contributed by atoms with Crippen molar-refractivity contribution >= 4 is 21.4 Å². The van der Waals surface area contributed by atoms with Crippen LogP contribution in [0.25, 0.3) is 0 Å². The summed E-state index contributed by atoms with van der Waals surface area (Å²) in [6, 6.07) is 7.11. The van der Waals surface area contributed by atoms with Gasteiger partial charge in [-0.05, 0) is 32.0 Å². The fraction of sp³-hybridized carbons (Fsp3) is 0.250. The highest BCUT2D eigenvalue weighted by Gasteiger charge is 2.18. The Hall–Kier alpha value is -1.24. The van der Waals surface area contributed by atoms with E-state index in [1.807, 2.05) is 19.9 Å². The van der Waals surface area contributed by atoms with E-state index < -0.39 is 10.0 Å². The first-order valence-electron chi connectivity index (χ1n) is 5.45. The molecule has 0 fully saturated rings. The van der Waals surface area contributed by atoms with Gasteiger partial charge in [0.1, 0.15) is 0 Å². The summed E-state index contributed by atoms with van der Waals surface area (Å²) in [5.41, 5.74) is 0.700. The molecule has 0 unspecified atom stereocenters. The Morgan fingerprint density at radius 2 is 2.11 bits per heavy atom. The Kier molecular flexibility index (Phi) is 3.79. The van der Waals surface area contributed by atoms with Crippen LogP contribution < -0.4 is 4.72 Å². The molecular weight excluding hydrogens is 268 g/mol. The van der Waals surface area contributed by atoms with E-state index in [9.17, 15) is 8.42 Å². The molecule has 6 heteroatoms. The Balaban J connectivity index is 2.16. The molecule has 2 rings (SSSR count). The van der Waals surface area contributed by atoms with Gasteiger partial charge in [-0.2, -0.15) is 0 Å². The number of hydrogen-bond acceptors (Lipinski definition) is 4. The maximum atomic E-state index is 12.1. The highest BCUT2D eigenvalue weighted by Crippen LogP contribution is 2.24. The molecule has 0 saturated heterocycles. The summed E-state index contributed by atoms with van der Waals surface area (Å²) in [4.78, 5) is 6.24. The summed E-state index contributed by atoms with van der Waals surface area (Å²) >= 11 is 1.48. The minimum atomic E-state index is -3.45. The molecule has 18 heavy (non-hydrogen) atoms. The van der Waals surface area contributed by atoms with Crippen LogP contribution in [0.2, 0.25) is 0 Å². The van der Waals surface area contributed by atoms with Crippen LogP contribution in [0.1, 0.15) is 15.4 Å². The third-order valence-corrected chi connectivity index (χ3v) is 5.08. The largest absolute Gasteiger partial charge is 0.260 e. The number of thiophene rings is 1. The van der Waals surface area contributed by atoms with E-state index in [1.54, 1.807) is 24.4 Å². The maximum absolute atomic E-state index is 12.1. The number of rotatable bonds is 4. The summed E-state index contributed by atoms with van der Waals surface area (Å²) in [6.07, 6.45) is 1.64. The van der Waals surface area contributed by atoms with E-state index in [-0.39, 0.29) is 6.54 Å². The van der Waals surface area contributed by atoms with Gasteiger partial charge in [-0.25, -0.2) is 13.1 Å². The van der Waals surface area contributed by atoms with Crippen molar-refractivity contribution in [2.24, 2.45) is 0 Å². The van der Waals surface area contributed by atoms with Crippen LogP contribution in [0.5, 0.6) is 0 Å². The quantitative estimate of drug-likeness (QED) is 0.935. The lowest BCUT2D eigenvalue weighted by atomic mass is 10.4. The Morgan fingerprint density at radius 3 is 2.67 bits per heavy atom. The predicted molar refractivity (Wildman–Crippen MR) is 72.1 cm³/mol. The van der Waals surface area contributed by atoms with Crippen LogP contribution in [0, 0.1) is 13.8 Å². The molecule has 0 radical (unpaired) electrons. The molecule has 0 bridgehead atoms. The second kappa shape index (κ2) is 5.17. The molecule has 0 aromatic carbocycles. The third kappa shape index (κ3) is 2.95. The molecule has 1 N–H and O–H groups in total. The van der Waals surface area contributed by atoms with Crippen LogP contribution >= 0.6 is 11.3 Å². The molecule has 0 amide bonds. The first kappa shape index (κ1) is 13.2.